The molecular formula is C20H22N4O. The average Bonchev–Trinajstić information content (AvgIpc) is 2.64. The normalized spacial score (nSPS) is 10.5. The van der Waals surface area contributed by atoms with Gasteiger partial charge in [0.05, 0.1) is 7.11 Å². The second-order valence-electron chi connectivity index (χ2n) is 5.88. The summed E-state index contributed by atoms with van der Waals surface area (Å²) in [7, 11) is 1.67. The van der Waals surface area contributed by atoms with Gasteiger partial charge in [0.1, 0.15) is 11.6 Å². The Morgan fingerprint density at radius 3 is 2.64 bits per heavy atom. The molecule has 1 heterocycles. The van der Waals surface area contributed by atoms with Gasteiger partial charge in [0.15, 0.2) is 5.82 Å². The van der Waals surface area contributed by atoms with Gasteiger partial charge in [-0.05, 0) is 43.2 Å². The second-order valence-corrected chi connectivity index (χ2v) is 5.88. The van der Waals surface area contributed by atoms with Gasteiger partial charge in [0.25, 0.3) is 0 Å². The Bertz CT molecular complexity index is 847. The van der Waals surface area contributed by atoms with E-state index in [1.54, 1.807) is 7.11 Å². The molecule has 0 bridgehead atoms. The van der Waals surface area contributed by atoms with E-state index in [-0.39, 0.29) is 0 Å². The lowest BCUT2D eigenvalue weighted by Gasteiger charge is -2.10. The Morgan fingerprint density at radius 1 is 1.12 bits per heavy atom. The molecule has 25 heavy (non-hydrogen) atoms. The van der Waals surface area contributed by atoms with Crippen LogP contribution in [0.5, 0.6) is 5.75 Å². The van der Waals surface area contributed by atoms with Crippen LogP contribution in [0.1, 0.15) is 11.1 Å². The number of benzene rings is 2. The average molecular weight is 334 g/mol. The lowest BCUT2D eigenvalue weighted by atomic mass is 10.1. The third-order valence-corrected chi connectivity index (χ3v) is 3.98. The molecule has 1 aromatic heterocycles. The number of nitrogens with one attached hydrogen (secondary N) is 1. The van der Waals surface area contributed by atoms with Crippen molar-refractivity contribution in [1.29, 1.82) is 0 Å². The predicted molar refractivity (Wildman–Crippen MR) is 102 cm³/mol. The molecule has 2 aromatic carbocycles. The maximum atomic E-state index is 5.85. The number of hydrogen-bond donors (Lipinski definition) is 2. The molecule has 0 unspecified atom stereocenters. The molecule has 3 N–H and O–H groups in total. The monoisotopic (exact) mass is 334 g/mol. The fraction of sp³-hybridized carbons (Fsp3) is 0.200. The lowest BCUT2D eigenvalue weighted by molar-refractivity contribution is 0.414. The molecule has 3 aromatic rings. The molecule has 5 heteroatoms. The smallest absolute Gasteiger partial charge is 0.161 e. The number of nitrogens with two attached hydrogens (primary N) is 1. The SMILES string of the molecule is COc1ccc(CCNc2nc(-c3cccc(N)c3)ncc2C)cc1. The number of rotatable bonds is 6. The first kappa shape index (κ1) is 16.8. The van der Waals surface area contributed by atoms with Crippen molar-refractivity contribution in [1.82, 2.24) is 9.97 Å². The molecule has 0 atom stereocenters. The maximum Gasteiger partial charge on any atom is 0.161 e. The number of ether oxygens (including phenoxy) is 1. The molecular weight excluding hydrogens is 312 g/mol. The fourth-order valence-corrected chi connectivity index (χ4v) is 2.56. The van der Waals surface area contributed by atoms with Crippen molar-refractivity contribution >= 4 is 11.5 Å². The Morgan fingerprint density at radius 2 is 1.92 bits per heavy atom. The quantitative estimate of drug-likeness (QED) is 0.673. The van der Waals surface area contributed by atoms with Gasteiger partial charge in [-0.25, -0.2) is 9.97 Å². The van der Waals surface area contributed by atoms with Gasteiger partial charge >= 0.3 is 0 Å². The predicted octanol–water partition coefficient (Wildman–Crippen LogP) is 3.70. The minimum atomic E-state index is 0.671. The van der Waals surface area contributed by atoms with Crippen molar-refractivity contribution in [3.63, 3.8) is 0 Å². The summed E-state index contributed by atoms with van der Waals surface area (Å²) < 4.78 is 5.18. The zero-order valence-electron chi connectivity index (χ0n) is 14.5. The van der Waals surface area contributed by atoms with E-state index >= 15 is 0 Å². The van der Waals surface area contributed by atoms with Crippen LogP contribution in [0.3, 0.4) is 0 Å². The van der Waals surface area contributed by atoms with Crippen LogP contribution in [0.2, 0.25) is 0 Å². The van der Waals surface area contributed by atoms with Crippen LogP contribution in [-0.2, 0) is 6.42 Å². The number of aryl methyl sites for hydroxylation is 1. The Hall–Kier alpha value is -3.08. The number of aromatic nitrogens is 2. The number of methoxy groups -OCH3 is 1. The Kier molecular flexibility index (Phi) is 5.14. The standard InChI is InChI=1S/C20H22N4O/c1-14-13-23-20(16-4-3-5-17(21)12-16)24-19(14)22-11-10-15-6-8-18(25-2)9-7-15/h3-9,12-13H,10-11,21H2,1-2H3,(H,22,23,24). The largest absolute Gasteiger partial charge is 0.497 e. The van der Waals surface area contributed by atoms with Gasteiger partial charge in [-0.3, -0.25) is 0 Å². The highest BCUT2D eigenvalue weighted by Crippen LogP contribution is 2.21. The maximum absolute atomic E-state index is 5.85. The van der Waals surface area contributed by atoms with E-state index in [1.165, 1.54) is 5.56 Å². The molecule has 0 radical (unpaired) electrons. The van der Waals surface area contributed by atoms with Crippen molar-refractivity contribution < 1.29 is 4.74 Å². The topological polar surface area (TPSA) is 73.1 Å². The molecule has 0 saturated heterocycles. The summed E-state index contributed by atoms with van der Waals surface area (Å²) in [5, 5.41) is 3.40. The summed E-state index contributed by atoms with van der Waals surface area (Å²) >= 11 is 0. The molecule has 5 nitrogen and oxygen atoms in total. The first-order chi connectivity index (χ1) is 12.2. The highest BCUT2D eigenvalue weighted by molar-refractivity contribution is 5.62. The van der Waals surface area contributed by atoms with Gasteiger partial charge in [-0.2, -0.15) is 0 Å². The number of nitrogens with zero attached hydrogens (tertiary/aromatic N) is 2. The van der Waals surface area contributed by atoms with E-state index in [9.17, 15) is 0 Å². The van der Waals surface area contributed by atoms with E-state index < -0.39 is 0 Å². The van der Waals surface area contributed by atoms with Crippen LogP contribution in [0.25, 0.3) is 11.4 Å². The summed E-state index contributed by atoms with van der Waals surface area (Å²) in [5.74, 6) is 2.39. The van der Waals surface area contributed by atoms with Gasteiger partial charge < -0.3 is 15.8 Å². The molecule has 0 fully saturated rings. The zero-order valence-corrected chi connectivity index (χ0v) is 14.5. The first-order valence-corrected chi connectivity index (χ1v) is 8.22. The van der Waals surface area contributed by atoms with Crippen molar-refractivity contribution in [2.75, 3.05) is 24.7 Å². The molecule has 0 aliphatic rings. The Balaban J connectivity index is 1.68. The molecule has 0 aliphatic heterocycles. The third-order valence-electron chi connectivity index (χ3n) is 3.98. The Labute approximate surface area is 147 Å². The van der Waals surface area contributed by atoms with Crippen molar-refractivity contribution in [3.05, 3.63) is 65.9 Å². The number of anilines is 2. The van der Waals surface area contributed by atoms with Crippen molar-refractivity contribution in [2.24, 2.45) is 0 Å². The zero-order chi connectivity index (χ0) is 17.6. The van der Waals surface area contributed by atoms with E-state index in [2.05, 4.69) is 27.4 Å². The molecule has 128 valence electrons. The van der Waals surface area contributed by atoms with Crippen molar-refractivity contribution in [3.8, 4) is 17.1 Å². The molecule has 0 aliphatic carbocycles. The highest BCUT2D eigenvalue weighted by Gasteiger charge is 2.06. The summed E-state index contributed by atoms with van der Waals surface area (Å²) in [6.45, 7) is 2.79. The molecule has 0 spiro atoms. The first-order valence-electron chi connectivity index (χ1n) is 8.22. The van der Waals surface area contributed by atoms with Gasteiger partial charge in [0, 0.05) is 29.6 Å². The van der Waals surface area contributed by atoms with E-state index in [0.29, 0.717) is 11.5 Å². The summed E-state index contributed by atoms with van der Waals surface area (Å²) in [4.78, 5) is 9.06. The molecule has 0 saturated carbocycles. The van der Waals surface area contributed by atoms with Gasteiger partial charge in [0.2, 0.25) is 0 Å². The second kappa shape index (κ2) is 7.66. The van der Waals surface area contributed by atoms with Crippen LogP contribution in [0, 0.1) is 6.92 Å². The van der Waals surface area contributed by atoms with E-state index in [0.717, 1.165) is 35.7 Å². The minimum Gasteiger partial charge on any atom is -0.497 e. The molecule has 3 rings (SSSR count). The van der Waals surface area contributed by atoms with Crippen molar-refractivity contribution in [2.45, 2.75) is 13.3 Å². The fourth-order valence-electron chi connectivity index (χ4n) is 2.56. The third kappa shape index (κ3) is 4.26. The van der Waals surface area contributed by atoms with Gasteiger partial charge in [-0.1, -0.05) is 24.3 Å². The van der Waals surface area contributed by atoms with Crippen LogP contribution in [0.4, 0.5) is 11.5 Å². The number of hydrogen-bond acceptors (Lipinski definition) is 5. The summed E-state index contributed by atoms with van der Waals surface area (Å²) in [6.07, 6.45) is 2.74. The van der Waals surface area contributed by atoms with Crippen LogP contribution >= 0.6 is 0 Å². The van der Waals surface area contributed by atoms with Crippen LogP contribution < -0.4 is 15.8 Å². The van der Waals surface area contributed by atoms with Crippen LogP contribution in [-0.4, -0.2) is 23.6 Å². The van der Waals surface area contributed by atoms with Crippen LogP contribution in [0.15, 0.2) is 54.7 Å². The lowest BCUT2D eigenvalue weighted by Crippen LogP contribution is -2.09. The van der Waals surface area contributed by atoms with Gasteiger partial charge in [-0.15, -0.1) is 0 Å². The van der Waals surface area contributed by atoms with E-state index in [1.807, 2.05) is 49.5 Å². The molecule has 0 amide bonds. The summed E-state index contributed by atoms with van der Waals surface area (Å²) in [5.41, 5.74) is 9.73. The summed E-state index contributed by atoms with van der Waals surface area (Å²) in [6, 6.07) is 15.7. The van der Waals surface area contributed by atoms with E-state index in [4.69, 9.17) is 10.5 Å². The highest BCUT2D eigenvalue weighted by atomic mass is 16.5. The number of nitrogen functional groups attached to an aromatic ring is 1. The minimum absolute atomic E-state index is 0.671.